The van der Waals surface area contributed by atoms with Crippen molar-refractivity contribution in [3.05, 3.63) is 100 Å². The summed E-state index contributed by atoms with van der Waals surface area (Å²) in [7, 11) is 0. The van der Waals surface area contributed by atoms with Gasteiger partial charge in [-0.3, -0.25) is 14.5 Å². The SMILES string of the molecule is Cc1cccc(C2/C(=C(/O)c3ccc(OCC(C)C)c(C)c3)C(=O)C(=O)N2c2ccccc2C)c1. The molecule has 1 saturated heterocycles. The van der Waals surface area contributed by atoms with Gasteiger partial charge in [0.05, 0.1) is 18.2 Å². The molecule has 1 fully saturated rings. The van der Waals surface area contributed by atoms with Gasteiger partial charge in [-0.25, -0.2) is 0 Å². The van der Waals surface area contributed by atoms with E-state index >= 15 is 0 Å². The predicted molar refractivity (Wildman–Crippen MR) is 139 cm³/mol. The maximum atomic E-state index is 13.4. The highest BCUT2D eigenvalue weighted by molar-refractivity contribution is 6.51. The average molecular weight is 470 g/mol. The minimum absolute atomic E-state index is 0.0825. The lowest BCUT2D eigenvalue weighted by Crippen LogP contribution is -2.30. The Morgan fingerprint density at radius 2 is 1.69 bits per heavy atom. The van der Waals surface area contributed by atoms with E-state index in [1.165, 1.54) is 4.90 Å². The zero-order chi connectivity index (χ0) is 25.3. The lowest BCUT2D eigenvalue weighted by Gasteiger charge is -2.27. The Hall–Kier alpha value is -3.86. The molecule has 5 heteroatoms. The summed E-state index contributed by atoms with van der Waals surface area (Å²) in [5, 5.41) is 11.4. The molecule has 0 saturated carbocycles. The first-order valence-electron chi connectivity index (χ1n) is 11.9. The van der Waals surface area contributed by atoms with Gasteiger partial charge in [0.1, 0.15) is 11.5 Å². The largest absolute Gasteiger partial charge is 0.507 e. The van der Waals surface area contributed by atoms with E-state index in [2.05, 4.69) is 13.8 Å². The van der Waals surface area contributed by atoms with Gasteiger partial charge in [-0.05, 0) is 67.6 Å². The zero-order valence-electron chi connectivity index (χ0n) is 20.8. The summed E-state index contributed by atoms with van der Waals surface area (Å²) in [6.07, 6.45) is 0. The quantitative estimate of drug-likeness (QED) is 0.262. The number of anilines is 1. The maximum Gasteiger partial charge on any atom is 0.300 e. The van der Waals surface area contributed by atoms with Crippen molar-refractivity contribution in [3.8, 4) is 5.75 Å². The second-order valence-electron chi connectivity index (χ2n) is 9.55. The van der Waals surface area contributed by atoms with Gasteiger partial charge in [0.25, 0.3) is 11.7 Å². The number of ketones is 1. The highest BCUT2D eigenvalue weighted by Gasteiger charge is 2.47. The highest BCUT2D eigenvalue weighted by Crippen LogP contribution is 2.43. The van der Waals surface area contributed by atoms with E-state index in [1.807, 2.05) is 69.3 Å². The third-order valence-corrected chi connectivity index (χ3v) is 6.20. The lowest BCUT2D eigenvalue weighted by atomic mass is 9.93. The number of benzene rings is 3. The molecule has 180 valence electrons. The first-order chi connectivity index (χ1) is 16.7. The van der Waals surface area contributed by atoms with Crippen LogP contribution in [0.3, 0.4) is 0 Å². The minimum atomic E-state index is -0.742. The molecule has 0 spiro atoms. The van der Waals surface area contributed by atoms with Crippen LogP contribution < -0.4 is 9.64 Å². The topological polar surface area (TPSA) is 66.8 Å². The van der Waals surface area contributed by atoms with Crippen LogP contribution in [0.15, 0.2) is 72.3 Å². The molecule has 1 heterocycles. The molecule has 1 atom stereocenters. The van der Waals surface area contributed by atoms with E-state index in [0.717, 1.165) is 28.0 Å². The molecule has 1 aliphatic heterocycles. The number of para-hydroxylation sites is 1. The second kappa shape index (κ2) is 9.79. The monoisotopic (exact) mass is 469 g/mol. The molecule has 0 aromatic heterocycles. The van der Waals surface area contributed by atoms with Crippen LogP contribution in [-0.4, -0.2) is 23.4 Å². The smallest absolute Gasteiger partial charge is 0.300 e. The van der Waals surface area contributed by atoms with Gasteiger partial charge in [-0.1, -0.05) is 61.9 Å². The maximum absolute atomic E-state index is 13.4. The third-order valence-electron chi connectivity index (χ3n) is 6.20. The number of Topliss-reactive ketones (excluding diaryl/α,β-unsaturated/α-hetero) is 1. The Bertz CT molecular complexity index is 1320. The van der Waals surface area contributed by atoms with Gasteiger partial charge in [0, 0.05) is 11.3 Å². The van der Waals surface area contributed by atoms with Gasteiger partial charge in [0.15, 0.2) is 0 Å². The number of hydrogen-bond acceptors (Lipinski definition) is 4. The van der Waals surface area contributed by atoms with Gasteiger partial charge in [0.2, 0.25) is 0 Å². The van der Waals surface area contributed by atoms with Crippen LogP contribution in [0.25, 0.3) is 5.76 Å². The molecular weight excluding hydrogens is 438 g/mol. The first kappa shape index (κ1) is 24.3. The average Bonchev–Trinajstić information content (AvgIpc) is 3.08. The summed E-state index contributed by atoms with van der Waals surface area (Å²) >= 11 is 0. The molecule has 1 unspecified atom stereocenters. The summed E-state index contributed by atoms with van der Waals surface area (Å²) < 4.78 is 5.86. The summed E-state index contributed by atoms with van der Waals surface area (Å²) in [6.45, 7) is 10.5. The van der Waals surface area contributed by atoms with Crippen molar-refractivity contribution in [2.45, 2.75) is 40.7 Å². The molecular formula is C30H31NO4. The molecule has 5 nitrogen and oxygen atoms in total. The summed E-state index contributed by atoms with van der Waals surface area (Å²) in [6, 6.07) is 19.7. The number of amides is 1. The number of nitrogens with zero attached hydrogens (tertiary/aromatic N) is 1. The van der Waals surface area contributed by atoms with Crippen molar-refractivity contribution < 1.29 is 19.4 Å². The number of ether oxygens (including phenoxy) is 1. The number of rotatable bonds is 6. The Kier molecular flexibility index (Phi) is 6.79. The fourth-order valence-corrected chi connectivity index (χ4v) is 4.44. The van der Waals surface area contributed by atoms with E-state index < -0.39 is 17.7 Å². The van der Waals surface area contributed by atoms with E-state index in [4.69, 9.17) is 4.74 Å². The summed E-state index contributed by atoms with van der Waals surface area (Å²) in [5.41, 5.74) is 4.68. The Balaban J connectivity index is 1.87. The number of aryl methyl sites for hydroxylation is 3. The fourth-order valence-electron chi connectivity index (χ4n) is 4.44. The third kappa shape index (κ3) is 4.72. The van der Waals surface area contributed by atoms with E-state index in [1.54, 1.807) is 18.2 Å². The lowest BCUT2D eigenvalue weighted by molar-refractivity contribution is -0.132. The Morgan fingerprint density at radius 3 is 2.34 bits per heavy atom. The standard InChI is InChI=1S/C30H31NO4/c1-18(2)17-35-25-14-13-23(16-21(25)5)28(32)26-27(22-11-8-9-19(3)15-22)31(30(34)29(26)33)24-12-7-6-10-20(24)4/h6-16,18,27,32H,17H2,1-5H3/b28-26-. The fraction of sp³-hybridized carbons (Fsp3) is 0.267. The van der Waals surface area contributed by atoms with Crippen molar-refractivity contribution in [2.75, 3.05) is 11.5 Å². The van der Waals surface area contributed by atoms with Crippen molar-refractivity contribution in [1.82, 2.24) is 0 Å². The number of hydrogen-bond donors (Lipinski definition) is 1. The molecule has 1 aliphatic rings. The number of carbonyl (C=O) groups excluding carboxylic acids is 2. The molecule has 0 aliphatic carbocycles. The van der Waals surface area contributed by atoms with Crippen LogP contribution in [0.1, 0.15) is 47.7 Å². The van der Waals surface area contributed by atoms with Crippen molar-refractivity contribution in [3.63, 3.8) is 0 Å². The zero-order valence-corrected chi connectivity index (χ0v) is 20.8. The first-order valence-corrected chi connectivity index (χ1v) is 11.9. The Morgan fingerprint density at radius 1 is 0.943 bits per heavy atom. The van der Waals surface area contributed by atoms with E-state index in [-0.39, 0.29) is 11.3 Å². The van der Waals surface area contributed by atoms with E-state index in [0.29, 0.717) is 23.8 Å². The van der Waals surface area contributed by atoms with Crippen molar-refractivity contribution >= 4 is 23.1 Å². The molecule has 1 amide bonds. The van der Waals surface area contributed by atoms with Gasteiger partial charge >= 0.3 is 0 Å². The Labute approximate surface area is 206 Å². The second-order valence-corrected chi connectivity index (χ2v) is 9.55. The molecule has 4 rings (SSSR count). The molecule has 3 aromatic rings. The number of aliphatic hydroxyl groups is 1. The van der Waals surface area contributed by atoms with Gasteiger partial charge in [-0.15, -0.1) is 0 Å². The molecule has 3 aromatic carbocycles. The molecule has 35 heavy (non-hydrogen) atoms. The molecule has 0 bridgehead atoms. The molecule has 0 radical (unpaired) electrons. The van der Waals surface area contributed by atoms with Crippen LogP contribution >= 0.6 is 0 Å². The van der Waals surface area contributed by atoms with Crippen LogP contribution in [0.5, 0.6) is 5.75 Å². The van der Waals surface area contributed by atoms with Crippen LogP contribution in [0, 0.1) is 26.7 Å². The van der Waals surface area contributed by atoms with Crippen LogP contribution in [0.4, 0.5) is 5.69 Å². The van der Waals surface area contributed by atoms with Gasteiger partial charge < -0.3 is 9.84 Å². The highest BCUT2D eigenvalue weighted by atomic mass is 16.5. The van der Waals surface area contributed by atoms with Crippen LogP contribution in [0.2, 0.25) is 0 Å². The van der Waals surface area contributed by atoms with Crippen LogP contribution in [-0.2, 0) is 9.59 Å². The van der Waals surface area contributed by atoms with Crippen molar-refractivity contribution in [2.24, 2.45) is 5.92 Å². The number of aliphatic hydroxyl groups excluding tert-OH is 1. The normalized spacial score (nSPS) is 17.3. The van der Waals surface area contributed by atoms with Crippen molar-refractivity contribution in [1.29, 1.82) is 0 Å². The van der Waals surface area contributed by atoms with E-state index in [9.17, 15) is 14.7 Å². The number of carbonyl (C=O) groups is 2. The minimum Gasteiger partial charge on any atom is -0.507 e. The van der Waals surface area contributed by atoms with Gasteiger partial charge in [-0.2, -0.15) is 0 Å². The molecule has 1 N–H and O–H groups in total. The predicted octanol–water partition coefficient (Wildman–Crippen LogP) is 6.27. The summed E-state index contributed by atoms with van der Waals surface area (Å²) in [5.74, 6) is -0.430. The summed E-state index contributed by atoms with van der Waals surface area (Å²) in [4.78, 5) is 28.2.